The fourth-order valence-electron chi connectivity index (χ4n) is 2.67. The van der Waals surface area contributed by atoms with Gasteiger partial charge >= 0.3 is 0 Å². The average molecular weight is 250 g/mol. The van der Waals surface area contributed by atoms with Crippen LogP contribution in [0.4, 0.5) is 10.1 Å². The molecule has 0 saturated carbocycles. The lowest BCUT2D eigenvalue weighted by molar-refractivity contribution is -0.114. The molecule has 3 N–H and O–H groups in total. The lowest BCUT2D eigenvalue weighted by atomic mass is 9.93. The highest BCUT2D eigenvalue weighted by Crippen LogP contribution is 2.36. The van der Waals surface area contributed by atoms with Crippen LogP contribution in [-0.4, -0.2) is 5.91 Å². The van der Waals surface area contributed by atoms with Crippen LogP contribution in [0.2, 0.25) is 0 Å². The van der Waals surface area contributed by atoms with Crippen molar-refractivity contribution in [2.45, 2.75) is 45.6 Å². The molecule has 0 spiro atoms. The Bertz CT molecular complexity index is 485. The van der Waals surface area contributed by atoms with E-state index < -0.39 is 0 Å². The van der Waals surface area contributed by atoms with Gasteiger partial charge in [-0.3, -0.25) is 4.79 Å². The summed E-state index contributed by atoms with van der Waals surface area (Å²) in [5, 5.41) is 2.70. The van der Waals surface area contributed by atoms with Gasteiger partial charge in [0.1, 0.15) is 5.82 Å². The van der Waals surface area contributed by atoms with Crippen molar-refractivity contribution < 1.29 is 9.18 Å². The number of rotatable bonds is 1. The zero-order valence-corrected chi connectivity index (χ0v) is 10.8. The van der Waals surface area contributed by atoms with E-state index in [-0.39, 0.29) is 17.8 Å². The molecule has 1 unspecified atom stereocenters. The Kier molecular flexibility index (Phi) is 3.66. The number of fused-ring (bicyclic) bond motifs is 1. The van der Waals surface area contributed by atoms with Gasteiger partial charge in [-0.25, -0.2) is 4.39 Å². The van der Waals surface area contributed by atoms with E-state index in [1.807, 2.05) is 0 Å². The Morgan fingerprint density at radius 1 is 1.50 bits per heavy atom. The van der Waals surface area contributed by atoms with Crippen LogP contribution in [0.25, 0.3) is 0 Å². The zero-order chi connectivity index (χ0) is 13.3. The van der Waals surface area contributed by atoms with Crippen molar-refractivity contribution in [3.63, 3.8) is 0 Å². The van der Waals surface area contributed by atoms with Crippen LogP contribution in [0.3, 0.4) is 0 Å². The molecule has 1 aromatic rings. The monoisotopic (exact) mass is 250 g/mol. The van der Waals surface area contributed by atoms with Crippen LogP contribution < -0.4 is 11.1 Å². The van der Waals surface area contributed by atoms with Crippen molar-refractivity contribution in [3.8, 4) is 0 Å². The molecule has 1 aliphatic rings. The van der Waals surface area contributed by atoms with E-state index in [4.69, 9.17) is 5.73 Å². The lowest BCUT2D eigenvalue weighted by Crippen LogP contribution is -2.17. The molecule has 1 amide bonds. The van der Waals surface area contributed by atoms with Gasteiger partial charge in [-0.2, -0.15) is 0 Å². The Morgan fingerprint density at radius 3 is 2.89 bits per heavy atom. The second kappa shape index (κ2) is 5.06. The molecule has 0 saturated heterocycles. The highest BCUT2D eigenvalue weighted by Gasteiger charge is 2.23. The highest BCUT2D eigenvalue weighted by molar-refractivity contribution is 5.90. The van der Waals surface area contributed by atoms with Crippen molar-refractivity contribution in [1.29, 1.82) is 0 Å². The summed E-state index contributed by atoms with van der Waals surface area (Å²) in [6, 6.07) is 1.27. The first-order chi connectivity index (χ1) is 8.50. The number of benzene rings is 1. The van der Waals surface area contributed by atoms with Gasteiger partial charge in [-0.1, -0.05) is 6.42 Å². The molecule has 0 radical (unpaired) electrons. The van der Waals surface area contributed by atoms with Gasteiger partial charge < -0.3 is 11.1 Å². The third kappa shape index (κ3) is 2.38. The van der Waals surface area contributed by atoms with Crippen LogP contribution in [0, 0.1) is 12.7 Å². The quantitative estimate of drug-likeness (QED) is 0.753. The predicted octanol–water partition coefficient (Wildman–Crippen LogP) is 2.82. The topological polar surface area (TPSA) is 55.1 Å². The number of anilines is 1. The zero-order valence-electron chi connectivity index (χ0n) is 10.8. The maximum absolute atomic E-state index is 13.9. The van der Waals surface area contributed by atoms with E-state index in [0.29, 0.717) is 11.3 Å². The summed E-state index contributed by atoms with van der Waals surface area (Å²) in [5.74, 6) is -0.469. The highest BCUT2D eigenvalue weighted by atomic mass is 19.1. The molecule has 4 heteroatoms. The van der Waals surface area contributed by atoms with E-state index in [0.717, 1.165) is 36.8 Å². The summed E-state index contributed by atoms with van der Waals surface area (Å²) in [4.78, 5) is 11.2. The summed E-state index contributed by atoms with van der Waals surface area (Å²) < 4.78 is 13.9. The summed E-state index contributed by atoms with van der Waals surface area (Å²) >= 11 is 0. The number of halogens is 1. The molecular formula is C14H19FN2O. The first-order valence-corrected chi connectivity index (χ1v) is 6.35. The Balaban J connectivity index is 2.60. The molecule has 1 aliphatic carbocycles. The molecule has 1 aromatic carbocycles. The molecule has 2 rings (SSSR count). The largest absolute Gasteiger partial charge is 0.326 e. The maximum atomic E-state index is 13.9. The number of carbonyl (C=O) groups is 1. The minimum absolute atomic E-state index is 0.122. The van der Waals surface area contributed by atoms with Gasteiger partial charge in [-0.05, 0) is 48.9 Å². The van der Waals surface area contributed by atoms with E-state index in [1.165, 1.54) is 13.0 Å². The molecule has 0 aliphatic heterocycles. The maximum Gasteiger partial charge on any atom is 0.221 e. The molecule has 1 atom stereocenters. The number of carbonyl (C=O) groups excluding carboxylic acids is 1. The van der Waals surface area contributed by atoms with E-state index >= 15 is 0 Å². The smallest absolute Gasteiger partial charge is 0.221 e. The number of amides is 1. The number of hydrogen-bond acceptors (Lipinski definition) is 2. The van der Waals surface area contributed by atoms with Crippen molar-refractivity contribution in [2.24, 2.45) is 5.73 Å². The first kappa shape index (κ1) is 13.0. The third-order valence-electron chi connectivity index (χ3n) is 3.57. The van der Waals surface area contributed by atoms with Gasteiger partial charge in [0, 0.05) is 18.7 Å². The normalized spacial score (nSPS) is 19.0. The average Bonchev–Trinajstić information content (AvgIpc) is 2.47. The minimum atomic E-state index is -0.272. The molecule has 18 heavy (non-hydrogen) atoms. The van der Waals surface area contributed by atoms with Gasteiger partial charge in [0.25, 0.3) is 0 Å². The van der Waals surface area contributed by atoms with Crippen LogP contribution in [-0.2, 0) is 11.2 Å². The predicted molar refractivity (Wildman–Crippen MR) is 69.9 cm³/mol. The Morgan fingerprint density at radius 2 is 2.22 bits per heavy atom. The number of nitrogens with one attached hydrogen (secondary N) is 1. The van der Waals surface area contributed by atoms with Gasteiger partial charge in [-0.15, -0.1) is 0 Å². The van der Waals surface area contributed by atoms with Crippen molar-refractivity contribution in [1.82, 2.24) is 0 Å². The second-order valence-corrected chi connectivity index (χ2v) is 4.96. The van der Waals surface area contributed by atoms with Crippen LogP contribution in [0.15, 0.2) is 6.07 Å². The number of hydrogen-bond donors (Lipinski definition) is 2. The standard InChI is InChI=1S/C14H19FN2O/c1-8-10-5-3-4-6-12(16)14(10)13(7-11(8)15)17-9(2)18/h7,12H,3-6,16H2,1-2H3,(H,17,18). The van der Waals surface area contributed by atoms with Crippen molar-refractivity contribution in [2.75, 3.05) is 5.32 Å². The van der Waals surface area contributed by atoms with Crippen LogP contribution in [0.5, 0.6) is 0 Å². The van der Waals surface area contributed by atoms with Gasteiger partial charge in [0.05, 0.1) is 0 Å². The summed E-state index contributed by atoms with van der Waals surface area (Å²) in [6.45, 7) is 3.20. The molecule has 0 fully saturated rings. The fraction of sp³-hybridized carbons (Fsp3) is 0.500. The van der Waals surface area contributed by atoms with E-state index in [2.05, 4.69) is 5.32 Å². The van der Waals surface area contributed by atoms with Crippen molar-refractivity contribution >= 4 is 11.6 Å². The summed E-state index contributed by atoms with van der Waals surface area (Å²) in [5.41, 5.74) is 9.26. The SMILES string of the molecule is CC(=O)Nc1cc(F)c(C)c2c1C(N)CCCC2. The minimum Gasteiger partial charge on any atom is -0.326 e. The first-order valence-electron chi connectivity index (χ1n) is 6.35. The number of nitrogens with two attached hydrogens (primary N) is 1. The van der Waals surface area contributed by atoms with Crippen LogP contribution >= 0.6 is 0 Å². The summed E-state index contributed by atoms with van der Waals surface area (Å²) in [6.07, 6.45) is 3.77. The molecule has 0 aromatic heterocycles. The lowest BCUT2D eigenvalue weighted by Gasteiger charge is -2.20. The molecule has 0 bridgehead atoms. The van der Waals surface area contributed by atoms with Gasteiger partial charge in [0.2, 0.25) is 5.91 Å². The molecule has 0 heterocycles. The Hall–Kier alpha value is -1.42. The van der Waals surface area contributed by atoms with E-state index in [9.17, 15) is 9.18 Å². The second-order valence-electron chi connectivity index (χ2n) is 4.96. The summed E-state index contributed by atoms with van der Waals surface area (Å²) in [7, 11) is 0. The third-order valence-corrected chi connectivity index (χ3v) is 3.57. The Labute approximate surface area is 107 Å². The van der Waals surface area contributed by atoms with Crippen LogP contribution in [0.1, 0.15) is 48.9 Å². The fourth-order valence-corrected chi connectivity index (χ4v) is 2.67. The van der Waals surface area contributed by atoms with Crippen molar-refractivity contribution in [3.05, 3.63) is 28.6 Å². The molecule has 98 valence electrons. The molecular weight excluding hydrogens is 231 g/mol. The van der Waals surface area contributed by atoms with Gasteiger partial charge in [0.15, 0.2) is 0 Å². The molecule has 3 nitrogen and oxygen atoms in total. The van der Waals surface area contributed by atoms with E-state index in [1.54, 1.807) is 6.92 Å².